The summed E-state index contributed by atoms with van der Waals surface area (Å²) in [6.07, 6.45) is 0. The molecule has 0 bridgehead atoms. The van der Waals surface area contributed by atoms with Gasteiger partial charge in [-0.15, -0.1) is 0 Å². The van der Waals surface area contributed by atoms with Gasteiger partial charge in [0.15, 0.2) is 34.9 Å². The number of halogens is 6. The van der Waals surface area contributed by atoms with E-state index in [9.17, 15) is 26.3 Å². The van der Waals surface area contributed by atoms with E-state index in [2.05, 4.69) is 0 Å². The Kier molecular flexibility index (Phi) is 6.29. The summed E-state index contributed by atoms with van der Waals surface area (Å²) < 4.78 is 97.5. The van der Waals surface area contributed by atoms with Crippen molar-refractivity contribution in [2.75, 3.05) is 19.9 Å². The van der Waals surface area contributed by atoms with Gasteiger partial charge in [-0.05, 0) is 72.5 Å². The fourth-order valence-electron chi connectivity index (χ4n) is 5.89. The highest BCUT2D eigenvalue weighted by atomic mass is 19.2. The summed E-state index contributed by atoms with van der Waals surface area (Å²) in [6, 6.07) is 10.5. The first-order valence-electron chi connectivity index (χ1n) is 12.9. The molecule has 0 radical (unpaired) electrons. The van der Waals surface area contributed by atoms with E-state index >= 15 is 0 Å². The quantitative estimate of drug-likeness (QED) is 0.144. The average molecular weight is 557 g/mol. The number of quaternary nitrogens is 1. The number of rotatable bonds is 4. The highest BCUT2D eigenvalue weighted by Crippen LogP contribution is 2.52. The van der Waals surface area contributed by atoms with Crippen molar-refractivity contribution in [3.63, 3.8) is 0 Å². The van der Waals surface area contributed by atoms with Gasteiger partial charge in [0.1, 0.15) is 24.6 Å². The third-order valence-corrected chi connectivity index (χ3v) is 8.15. The normalized spacial score (nSPS) is 15.0. The fourth-order valence-corrected chi connectivity index (χ4v) is 5.89. The van der Waals surface area contributed by atoms with E-state index in [0.717, 1.165) is 24.3 Å². The number of ether oxygens (including phenoxy) is 2. The Morgan fingerprint density at radius 3 is 1.32 bits per heavy atom. The Morgan fingerprint density at radius 2 is 0.975 bits per heavy atom. The number of hydrogen-bond acceptors (Lipinski definition) is 2. The lowest BCUT2D eigenvalue weighted by atomic mass is 9.86. The van der Waals surface area contributed by atoms with Crippen LogP contribution in [0.15, 0.2) is 48.5 Å². The summed E-state index contributed by atoms with van der Waals surface area (Å²) in [5.41, 5.74) is 3.98. The van der Waals surface area contributed by atoms with Gasteiger partial charge in [-0.25, -0.2) is 26.3 Å². The molecule has 0 aliphatic carbocycles. The second-order valence-electron chi connectivity index (χ2n) is 10.1. The lowest BCUT2D eigenvalue weighted by Gasteiger charge is -2.37. The Balaban J connectivity index is 1.72. The molecule has 2 aliphatic rings. The molecule has 6 rings (SSSR count). The standard InChI is InChI=1S/C31H24F6NO2/c1-3-38(4-2)13-20-18(16-9-22(32)30(36)23(33)10-16)5-7-26-28(20)29-21(14-38)19(6-8-27(29)40-15-39-26)17-11-24(34)31(37)25(35)12-17/h5-12H,3-4,13-15H2,1-2H3/q+1. The molecular formula is C31H24F6NO2+. The summed E-state index contributed by atoms with van der Waals surface area (Å²) in [6.45, 7) is 6.01. The van der Waals surface area contributed by atoms with Gasteiger partial charge in [-0.1, -0.05) is 12.1 Å². The highest BCUT2D eigenvalue weighted by molar-refractivity contribution is 5.91. The van der Waals surface area contributed by atoms with Crippen molar-refractivity contribution < 1.29 is 40.3 Å². The molecule has 0 aromatic heterocycles. The Morgan fingerprint density at radius 1 is 0.600 bits per heavy atom. The molecule has 4 aromatic rings. The smallest absolute Gasteiger partial charge is 0.230 e. The van der Waals surface area contributed by atoms with Crippen LogP contribution in [-0.2, 0) is 13.1 Å². The molecule has 4 aromatic carbocycles. The van der Waals surface area contributed by atoms with Gasteiger partial charge in [0.2, 0.25) is 6.79 Å². The highest BCUT2D eigenvalue weighted by Gasteiger charge is 2.38. The van der Waals surface area contributed by atoms with E-state index in [0.29, 0.717) is 75.5 Å². The predicted molar refractivity (Wildman–Crippen MR) is 137 cm³/mol. The van der Waals surface area contributed by atoms with Gasteiger partial charge in [-0.2, -0.15) is 0 Å². The molecule has 0 unspecified atom stereocenters. The SMILES string of the molecule is CC[N+]1(CC)Cc2c(-c3cc(F)c(F)c(F)c3)ccc3c2-c2c(ccc(-c4cc(F)c(F)c(F)c4)c2C1)OCO3. The van der Waals surface area contributed by atoms with Crippen LogP contribution >= 0.6 is 0 Å². The topological polar surface area (TPSA) is 18.5 Å². The first kappa shape index (κ1) is 26.3. The molecule has 0 atom stereocenters. The van der Waals surface area contributed by atoms with Gasteiger partial charge in [0.05, 0.1) is 13.1 Å². The molecule has 0 N–H and O–H groups in total. The maximum absolute atomic E-state index is 14.4. The molecule has 0 saturated heterocycles. The van der Waals surface area contributed by atoms with Crippen molar-refractivity contribution in [2.24, 2.45) is 0 Å². The number of nitrogens with zero attached hydrogens (tertiary/aromatic N) is 1. The zero-order chi connectivity index (χ0) is 28.3. The molecule has 0 fully saturated rings. The van der Waals surface area contributed by atoms with Gasteiger partial charge in [0, 0.05) is 22.3 Å². The first-order chi connectivity index (χ1) is 19.2. The molecule has 2 aliphatic heterocycles. The number of benzene rings is 4. The summed E-state index contributed by atoms with van der Waals surface area (Å²) in [7, 11) is 0. The zero-order valence-electron chi connectivity index (χ0n) is 21.7. The Bertz CT molecular complexity index is 1520. The largest absolute Gasteiger partial charge is 0.457 e. The van der Waals surface area contributed by atoms with Gasteiger partial charge < -0.3 is 14.0 Å². The average Bonchev–Trinajstić information content (AvgIpc) is 3.23. The third kappa shape index (κ3) is 4.02. The maximum Gasteiger partial charge on any atom is 0.230 e. The predicted octanol–water partition coefficient (Wildman–Crippen LogP) is 8.12. The molecule has 9 heteroatoms. The van der Waals surface area contributed by atoms with Crippen LogP contribution < -0.4 is 9.47 Å². The lowest BCUT2D eigenvalue weighted by Crippen LogP contribution is -2.45. The lowest BCUT2D eigenvalue weighted by molar-refractivity contribution is -0.950. The van der Waals surface area contributed by atoms with Crippen LogP contribution in [0.25, 0.3) is 33.4 Å². The molecular weight excluding hydrogens is 532 g/mol. The second-order valence-corrected chi connectivity index (χ2v) is 10.1. The molecule has 40 heavy (non-hydrogen) atoms. The first-order valence-corrected chi connectivity index (χ1v) is 12.9. The maximum atomic E-state index is 14.4. The minimum atomic E-state index is -1.55. The van der Waals surface area contributed by atoms with Crippen molar-refractivity contribution in [2.45, 2.75) is 26.9 Å². The van der Waals surface area contributed by atoms with Crippen molar-refractivity contribution in [3.8, 4) is 44.9 Å². The van der Waals surface area contributed by atoms with E-state index in [1.807, 2.05) is 13.8 Å². The van der Waals surface area contributed by atoms with Crippen LogP contribution in [0.5, 0.6) is 11.5 Å². The van der Waals surface area contributed by atoms with Crippen LogP contribution in [0.3, 0.4) is 0 Å². The summed E-state index contributed by atoms with van der Waals surface area (Å²) in [5, 5.41) is 0. The van der Waals surface area contributed by atoms with Crippen LogP contribution in [-0.4, -0.2) is 24.4 Å². The summed E-state index contributed by atoms with van der Waals surface area (Å²) >= 11 is 0. The molecule has 3 nitrogen and oxygen atoms in total. The molecule has 0 amide bonds. The van der Waals surface area contributed by atoms with Crippen molar-refractivity contribution in [1.29, 1.82) is 0 Å². The Hall–Kier alpha value is -3.98. The van der Waals surface area contributed by atoms with Gasteiger partial charge in [0.25, 0.3) is 0 Å². The zero-order valence-corrected chi connectivity index (χ0v) is 21.7. The molecule has 2 heterocycles. The van der Waals surface area contributed by atoms with Crippen LogP contribution in [0.2, 0.25) is 0 Å². The summed E-state index contributed by atoms with van der Waals surface area (Å²) in [5.74, 6) is -7.40. The Labute approximate surface area is 226 Å². The number of hydrogen-bond donors (Lipinski definition) is 0. The van der Waals surface area contributed by atoms with E-state index in [1.54, 1.807) is 24.3 Å². The van der Waals surface area contributed by atoms with Gasteiger partial charge in [-0.3, -0.25) is 0 Å². The fraction of sp³-hybridized carbons (Fsp3) is 0.226. The molecule has 206 valence electrons. The molecule has 0 saturated carbocycles. The van der Waals surface area contributed by atoms with Crippen molar-refractivity contribution in [3.05, 3.63) is 94.6 Å². The second kappa shape index (κ2) is 9.59. The van der Waals surface area contributed by atoms with E-state index in [-0.39, 0.29) is 17.9 Å². The van der Waals surface area contributed by atoms with Crippen molar-refractivity contribution >= 4 is 0 Å². The minimum absolute atomic E-state index is 0.112. The molecule has 0 spiro atoms. The van der Waals surface area contributed by atoms with Crippen LogP contribution in [0, 0.1) is 34.9 Å². The monoisotopic (exact) mass is 556 g/mol. The van der Waals surface area contributed by atoms with Crippen LogP contribution in [0.1, 0.15) is 25.0 Å². The van der Waals surface area contributed by atoms with Crippen molar-refractivity contribution in [1.82, 2.24) is 0 Å². The van der Waals surface area contributed by atoms with E-state index in [4.69, 9.17) is 9.47 Å². The summed E-state index contributed by atoms with van der Waals surface area (Å²) in [4.78, 5) is 0. The van der Waals surface area contributed by atoms with Crippen LogP contribution in [0.4, 0.5) is 26.3 Å². The minimum Gasteiger partial charge on any atom is -0.457 e. The van der Waals surface area contributed by atoms with Gasteiger partial charge >= 0.3 is 0 Å². The van der Waals surface area contributed by atoms with E-state index < -0.39 is 34.9 Å². The van der Waals surface area contributed by atoms with E-state index in [1.165, 1.54) is 0 Å². The third-order valence-electron chi connectivity index (χ3n) is 8.15.